The SMILES string of the molecule is CC(C)(C)OC(=O)N1[C@@H]2CC[C@@H](C2)[C@H]1C(=O)N[C@H](C#N)Cc1ccc(C2CCN(C3COC3)CC2)cc1F. The lowest BCUT2D eigenvalue weighted by Gasteiger charge is -2.41. The summed E-state index contributed by atoms with van der Waals surface area (Å²) < 4.78 is 26.0. The molecule has 0 spiro atoms. The fourth-order valence-electron chi connectivity index (χ4n) is 6.52. The molecule has 0 radical (unpaired) electrons. The number of nitrogens with zero attached hydrogens (tertiary/aromatic N) is 3. The van der Waals surface area contributed by atoms with Crippen LogP contribution < -0.4 is 5.32 Å². The van der Waals surface area contributed by atoms with Gasteiger partial charge in [-0.05, 0) is 95.0 Å². The third-order valence-electron chi connectivity index (χ3n) is 8.57. The lowest BCUT2D eigenvalue weighted by Crippen LogP contribution is -2.55. The number of hydrogen-bond donors (Lipinski definition) is 1. The number of nitrogens with one attached hydrogen (secondary N) is 1. The van der Waals surface area contributed by atoms with Crippen LogP contribution in [0.2, 0.25) is 0 Å². The van der Waals surface area contributed by atoms with Crippen LogP contribution in [-0.4, -0.2) is 77.9 Å². The zero-order valence-corrected chi connectivity index (χ0v) is 22.6. The minimum absolute atomic E-state index is 0.0231. The van der Waals surface area contributed by atoms with Crippen LogP contribution >= 0.6 is 0 Å². The zero-order chi connectivity index (χ0) is 27.0. The molecule has 8 nitrogen and oxygen atoms in total. The molecular weight excluding hydrogens is 487 g/mol. The van der Waals surface area contributed by atoms with Gasteiger partial charge in [0.25, 0.3) is 0 Å². The van der Waals surface area contributed by atoms with Gasteiger partial charge >= 0.3 is 6.09 Å². The number of halogens is 1. The summed E-state index contributed by atoms with van der Waals surface area (Å²) in [7, 11) is 0. The average molecular weight is 527 g/mol. The van der Waals surface area contributed by atoms with Crippen LogP contribution in [0.4, 0.5) is 9.18 Å². The smallest absolute Gasteiger partial charge is 0.411 e. The van der Waals surface area contributed by atoms with Crippen molar-refractivity contribution >= 4 is 12.0 Å². The van der Waals surface area contributed by atoms with Gasteiger partial charge in [-0.15, -0.1) is 0 Å². The number of fused-ring (bicyclic) bond motifs is 2. The van der Waals surface area contributed by atoms with E-state index in [-0.39, 0.29) is 30.1 Å². The lowest BCUT2D eigenvalue weighted by molar-refractivity contribution is -0.128. The van der Waals surface area contributed by atoms with Crippen molar-refractivity contribution in [3.8, 4) is 6.07 Å². The van der Waals surface area contributed by atoms with Crippen molar-refractivity contribution in [1.29, 1.82) is 5.26 Å². The Hall–Kier alpha value is -2.70. The Kier molecular flexibility index (Phi) is 7.65. The van der Waals surface area contributed by atoms with Gasteiger partial charge in [-0.1, -0.05) is 12.1 Å². The van der Waals surface area contributed by atoms with E-state index in [1.54, 1.807) is 37.8 Å². The molecule has 4 atom stereocenters. The Balaban J connectivity index is 1.20. The van der Waals surface area contributed by atoms with E-state index in [0.717, 1.165) is 64.0 Å². The summed E-state index contributed by atoms with van der Waals surface area (Å²) in [6.45, 7) is 9.01. The summed E-state index contributed by atoms with van der Waals surface area (Å²) >= 11 is 0. The first-order valence-corrected chi connectivity index (χ1v) is 13.9. The fraction of sp³-hybridized carbons (Fsp3) is 0.690. The minimum atomic E-state index is -0.893. The maximum atomic E-state index is 15.1. The topological polar surface area (TPSA) is 94.9 Å². The molecule has 1 N–H and O–H groups in total. The van der Waals surface area contributed by atoms with Gasteiger partial charge in [0.2, 0.25) is 5.91 Å². The molecule has 1 aromatic rings. The number of likely N-dealkylation sites (tertiary alicyclic amines) is 2. The molecule has 1 aromatic carbocycles. The van der Waals surface area contributed by atoms with Crippen LogP contribution in [0.1, 0.15) is 69.9 Å². The maximum absolute atomic E-state index is 15.1. The van der Waals surface area contributed by atoms with Crippen molar-refractivity contribution in [2.45, 2.75) is 95.0 Å². The number of carbonyl (C=O) groups excluding carboxylic acids is 2. The number of ether oxygens (including phenoxy) is 2. The monoisotopic (exact) mass is 526 g/mol. The summed E-state index contributed by atoms with van der Waals surface area (Å²) in [5.74, 6) is -0.345. The van der Waals surface area contributed by atoms with E-state index in [0.29, 0.717) is 17.5 Å². The molecule has 3 saturated heterocycles. The highest BCUT2D eigenvalue weighted by atomic mass is 19.1. The van der Waals surface area contributed by atoms with Crippen molar-refractivity contribution in [1.82, 2.24) is 15.1 Å². The molecule has 2 amide bonds. The van der Waals surface area contributed by atoms with Crippen molar-refractivity contribution < 1.29 is 23.5 Å². The van der Waals surface area contributed by atoms with Gasteiger partial charge in [0, 0.05) is 12.5 Å². The first kappa shape index (κ1) is 26.9. The molecule has 38 heavy (non-hydrogen) atoms. The molecule has 5 rings (SSSR count). The Bertz CT molecular complexity index is 1090. The van der Waals surface area contributed by atoms with Crippen molar-refractivity contribution in [2.75, 3.05) is 26.3 Å². The van der Waals surface area contributed by atoms with E-state index in [1.165, 1.54) is 0 Å². The molecule has 0 aromatic heterocycles. The van der Waals surface area contributed by atoms with Crippen LogP contribution in [0.15, 0.2) is 18.2 Å². The highest BCUT2D eigenvalue weighted by Gasteiger charge is 2.52. The minimum Gasteiger partial charge on any atom is -0.444 e. The van der Waals surface area contributed by atoms with Crippen LogP contribution in [0, 0.1) is 23.1 Å². The first-order chi connectivity index (χ1) is 18.1. The molecule has 3 aliphatic heterocycles. The van der Waals surface area contributed by atoms with Crippen molar-refractivity contribution in [3.05, 3.63) is 35.1 Å². The molecule has 2 bridgehead atoms. The molecule has 1 saturated carbocycles. The number of piperidine rings is 2. The number of hydrogen-bond acceptors (Lipinski definition) is 6. The Morgan fingerprint density at radius 1 is 1.18 bits per heavy atom. The average Bonchev–Trinajstić information content (AvgIpc) is 3.45. The van der Waals surface area contributed by atoms with Crippen LogP contribution in [0.3, 0.4) is 0 Å². The zero-order valence-electron chi connectivity index (χ0n) is 22.6. The van der Waals surface area contributed by atoms with Gasteiger partial charge in [-0.25, -0.2) is 9.18 Å². The molecule has 4 aliphatic rings. The Labute approximate surface area is 224 Å². The number of carbonyl (C=O) groups is 2. The predicted molar refractivity (Wildman–Crippen MR) is 139 cm³/mol. The summed E-state index contributed by atoms with van der Waals surface area (Å²) in [6, 6.07) is 6.37. The van der Waals surface area contributed by atoms with E-state index < -0.39 is 23.8 Å². The van der Waals surface area contributed by atoms with Crippen molar-refractivity contribution in [2.24, 2.45) is 5.92 Å². The summed E-state index contributed by atoms with van der Waals surface area (Å²) in [6.07, 6.45) is 4.03. The van der Waals surface area contributed by atoms with Gasteiger partial charge in [0.1, 0.15) is 23.5 Å². The van der Waals surface area contributed by atoms with E-state index in [9.17, 15) is 14.9 Å². The first-order valence-electron chi connectivity index (χ1n) is 13.9. The molecular formula is C29H39FN4O4. The molecule has 1 aliphatic carbocycles. The van der Waals surface area contributed by atoms with E-state index in [1.807, 2.05) is 6.07 Å². The van der Waals surface area contributed by atoms with Gasteiger partial charge < -0.3 is 14.8 Å². The Morgan fingerprint density at radius 2 is 1.92 bits per heavy atom. The van der Waals surface area contributed by atoms with Crippen LogP contribution in [-0.2, 0) is 20.7 Å². The molecule has 3 heterocycles. The second-order valence-electron chi connectivity index (χ2n) is 12.3. The number of amides is 2. The van der Waals surface area contributed by atoms with E-state index in [4.69, 9.17) is 9.47 Å². The van der Waals surface area contributed by atoms with E-state index >= 15 is 4.39 Å². The largest absolute Gasteiger partial charge is 0.444 e. The highest BCUT2D eigenvalue weighted by molar-refractivity contribution is 5.87. The summed E-state index contributed by atoms with van der Waals surface area (Å²) in [4.78, 5) is 30.2. The number of rotatable bonds is 6. The molecule has 206 valence electrons. The molecule has 9 heteroatoms. The molecule has 0 unspecified atom stereocenters. The second-order valence-corrected chi connectivity index (χ2v) is 12.3. The molecule has 4 fully saturated rings. The van der Waals surface area contributed by atoms with E-state index in [2.05, 4.69) is 16.3 Å². The van der Waals surface area contributed by atoms with Gasteiger partial charge in [-0.2, -0.15) is 5.26 Å². The summed E-state index contributed by atoms with van der Waals surface area (Å²) in [5.41, 5.74) is 0.728. The second kappa shape index (κ2) is 10.8. The van der Waals surface area contributed by atoms with Crippen LogP contribution in [0.25, 0.3) is 0 Å². The van der Waals surface area contributed by atoms with Gasteiger partial charge in [-0.3, -0.25) is 14.6 Å². The van der Waals surface area contributed by atoms with Gasteiger partial charge in [0.05, 0.1) is 25.3 Å². The maximum Gasteiger partial charge on any atom is 0.411 e. The number of nitriles is 1. The van der Waals surface area contributed by atoms with Crippen LogP contribution in [0.5, 0.6) is 0 Å². The quantitative estimate of drug-likeness (QED) is 0.607. The lowest BCUT2D eigenvalue weighted by atomic mass is 9.87. The summed E-state index contributed by atoms with van der Waals surface area (Å²) in [5, 5.41) is 12.6. The third kappa shape index (κ3) is 5.67. The Morgan fingerprint density at radius 3 is 2.53 bits per heavy atom. The normalized spacial score (nSPS) is 27.0. The standard InChI is InChI=1S/C29H39FN4O4/c1-29(2,3)38-28(36)34-23-7-6-21(13-23)26(34)27(35)32-22(15-31)12-20-5-4-19(14-25(20)30)18-8-10-33(11-9-18)24-16-37-17-24/h4-5,14,18,21-24,26H,6-13,16-17H2,1-3H3,(H,32,35)/t21-,22-,23+,26-/m0/s1. The predicted octanol–water partition coefficient (Wildman–Crippen LogP) is 3.74. The highest BCUT2D eigenvalue weighted by Crippen LogP contribution is 2.43. The fourth-order valence-corrected chi connectivity index (χ4v) is 6.52. The van der Waals surface area contributed by atoms with Gasteiger partial charge in [0.15, 0.2) is 0 Å². The third-order valence-corrected chi connectivity index (χ3v) is 8.57. The van der Waals surface area contributed by atoms with Crippen molar-refractivity contribution in [3.63, 3.8) is 0 Å². The number of benzene rings is 1.